The molecule has 8 rings (SSSR count). The summed E-state index contributed by atoms with van der Waals surface area (Å²) in [5.74, 6) is 1.67. The number of nitrogens with one attached hydrogen (secondary N) is 1. The van der Waals surface area contributed by atoms with E-state index in [0.29, 0.717) is 35.8 Å². The van der Waals surface area contributed by atoms with Gasteiger partial charge >= 0.3 is 0 Å². The molecular weight excluding hydrogens is 509 g/mol. The van der Waals surface area contributed by atoms with Crippen molar-refractivity contribution in [3.05, 3.63) is 89.4 Å². The average molecular weight is 538 g/mol. The topological polar surface area (TPSA) is 117 Å². The first kappa shape index (κ1) is 24.5. The lowest BCUT2D eigenvalue weighted by Crippen LogP contribution is -2.68. The smallest absolute Gasteiger partial charge is 0.180 e. The van der Waals surface area contributed by atoms with Crippen LogP contribution in [0, 0.1) is 19.7 Å². The van der Waals surface area contributed by atoms with Gasteiger partial charge in [-0.1, -0.05) is 6.07 Å². The fraction of sp³-hybridized carbons (Fsp3) is 0.321. The molecule has 1 N–H and O–H groups in total. The maximum Gasteiger partial charge on any atom is 0.180 e. The van der Waals surface area contributed by atoms with Gasteiger partial charge in [-0.2, -0.15) is 10.2 Å². The summed E-state index contributed by atoms with van der Waals surface area (Å²) in [6.07, 6.45) is 9.74. The Morgan fingerprint density at radius 1 is 0.925 bits per heavy atom. The van der Waals surface area contributed by atoms with Crippen LogP contribution < -0.4 is 4.90 Å². The van der Waals surface area contributed by atoms with Crippen LogP contribution >= 0.6 is 0 Å². The number of piperidine rings is 1. The molecule has 3 aliphatic rings. The molecule has 5 aromatic rings. The predicted molar refractivity (Wildman–Crippen MR) is 145 cm³/mol. The Hall–Kier alpha value is -4.58. The summed E-state index contributed by atoms with van der Waals surface area (Å²) in [6, 6.07) is 8.81. The second kappa shape index (κ2) is 9.87. The Kier molecular flexibility index (Phi) is 6.03. The number of aromatic amines is 1. The highest BCUT2D eigenvalue weighted by Gasteiger charge is 2.44. The Bertz CT molecular complexity index is 1630. The third-order valence-electron chi connectivity index (χ3n) is 7.52. The van der Waals surface area contributed by atoms with Gasteiger partial charge in [0, 0.05) is 55.7 Å². The molecule has 8 heterocycles. The van der Waals surface area contributed by atoms with E-state index in [4.69, 9.17) is 9.97 Å². The van der Waals surface area contributed by atoms with Crippen LogP contribution in [0.4, 0.5) is 10.2 Å². The van der Waals surface area contributed by atoms with Crippen LogP contribution in [0.2, 0.25) is 0 Å². The van der Waals surface area contributed by atoms with Crippen LogP contribution in [0.1, 0.15) is 34.8 Å². The van der Waals surface area contributed by atoms with Gasteiger partial charge < -0.3 is 4.90 Å². The number of halogens is 1. The minimum absolute atomic E-state index is 0.378. The molecule has 2 unspecified atom stereocenters. The third kappa shape index (κ3) is 4.81. The second-order valence-corrected chi connectivity index (χ2v) is 10.6. The van der Waals surface area contributed by atoms with Crippen molar-refractivity contribution in [3.8, 4) is 17.3 Å². The fourth-order valence-electron chi connectivity index (χ4n) is 5.60. The van der Waals surface area contributed by atoms with Crippen molar-refractivity contribution in [2.75, 3.05) is 18.0 Å². The Morgan fingerprint density at radius 2 is 1.77 bits per heavy atom. The number of aryl methyl sites for hydroxylation is 2. The zero-order valence-corrected chi connectivity index (χ0v) is 22.2. The number of piperazine rings is 1. The molecule has 0 saturated carbocycles. The van der Waals surface area contributed by atoms with Gasteiger partial charge in [-0.05, 0) is 44.0 Å². The van der Waals surface area contributed by atoms with E-state index in [9.17, 15) is 4.39 Å². The first-order chi connectivity index (χ1) is 19.5. The average Bonchev–Trinajstić information content (AvgIpc) is 3.59. The number of anilines is 1. The number of fused-ring (bicyclic) bond motifs is 2. The maximum absolute atomic E-state index is 13.3. The predicted octanol–water partition coefficient (Wildman–Crippen LogP) is 3.05. The van der Waals surface area contributed by atoms with Crippen LogP contribution in [-0.4, -0.2) is 75.0 Å². The number of nitrogens with zero attached hydrogens (tertiary/aromatic N) is 10. The highest BCUT2D eigenvalue weighted by molar-refractivity contribution is 5.51. The van der Waals surface area contributed by atoms with Crippen molar-refractivity contribution in [2.45, 2.75) is 45.3 Å². The minimum atomic E-state index is -0.378. The summed E-state index contributed by atoms with van der Waals surface area (Å²) >= 11 is 0. The molecule has 2 atom stereocenters. The van der Waals surface area contributed by atoms with E-state index in [-0.39, 0.29) is 5.82 Å². The lowest BCUT2D eigenvalue weighted by molar-refractivity contribution is -0.00877. The molecule has 40 heavy (non-hydrogen) atoms. The highest BCUT2D eigenvalue weighted by atomic mass is 19.1. The quantitative estimate of drug-likeness (QED) is 0.334. The largest absolute Gasteiger partial charge is 0.352 e. The van der Waals surface area contributed by atoms with Crippen molar-refractivity contribution in [1.29, 1.82) is 0 Å². The molecule has 3 saturated heterocycles. The van der Waals surface area contributed by atoms with Gasteiger partial charge in [0.15, 0.2) is 17.5 Å². The van der Waals surface area contributed by atoms with E-state index in [1.54, 1.807) is 6.20 Å². The third-order valence-corrected chi connectivity index (χ3v) is 7.52. The number of pyridine rings is 1. The Labute approximate surface area is 230 Å². The molecule has 3 fully saturated rings. The van der Waals surface area contributed by atoms with Crippen LogP contribution in [0.5, 0.6) is 0 Å². The van der Waals surface area contributed by atoms with Gasteiger partial charge in [0.1, 0.15) is 11.5 Å². The summed E-state index contributed by atoms with van der Waals surface area (Å²) in [6.45, 7) is 6.58. The fourth-order valence-corrected chi connectivity index (χ4v) is 5.60. The normalized spacial score (nSPS) is 18.6. The van der Waals surface area contributed by atoms with Gasteiger partial charge in [0.2, 0.25) is 0 Å². The SMILES string of the molecule is Cc1cc(Cc2cc(C)[nH]n2)nc(-c2cnc(N3CC4CC(C3)N4Cc3ccc(-n4cc(F)cn4)nc3)cn2)n1. The first-order valence-corrected chi connectivity index (χ1v) is 13.3. The minimum Gasteiger partial charge on any atom is -0.352 e. The van der Waals surface area contributed by atoms with Crippen LogP contribution in [0.3, 0.4) is 0 Å². The van der Waals surface area contributed by atoms with Gasteiger partial charge in [-0.25, -0.2) is 34.0 Å². The van der Waals surface area contributed by atoms with E-state index in [0.717, 1.165) is 53.8 Å². The van der Waals surface area contributed by atoms with Gasteiger partial charge in [-0.3, -0.25) is 10.00 Å². The Morgan fingerprint density at radius 3 is 2.45 bits per heavy atom. The molecule has 5 aromatic heterocycles. The molecule has 0 amide bonds. The summed E-state index contributed by atoms with van der Waals surface area (Å²) in [7, 11) is 0. The van der Waals surface area contributed by atoms with Gasteiger partial charge in [0.25, 0.3) is 0 Å². The second-order valence-electron chi connectivity index (χ2n) is 10.6. The highest BCUT2D eigenvalue weighted by Crippen LogP contribution is 2.35. The molecule has 0 aliphatic carbocycles. The number of hydrogen-bond acceptors (Lipinski definition) is 9. The van der Waals surface area contributed by atoms with Crippen molar-refractivity contribution < 1.29 is 4.39 Å². The summed E-state index contributed by atoms with van der Waals surface area (Å²) in [5, 5.41) is 11.3. The molecule has 3 aliphatic heterocycles. The molecular formula is C28H28FN11. The summed E-state index contributed by atoms with van der Waals surface area (Å²) in [5.41, 5.74) is 5.54. The zero-order chi connectivity index (χ0) is 27.2. The van der Waals surface area contributed by atoms with E-state index >= 15 is 0 Å². The lowest BCUT2D eigenvalue weighted by atomic mass is 9.87. The van der Waals surface area contributed by atoms with Crippen molar-refractivity contribution in [1.82, 2.24) is 49.8 Å². The zero-order valence-electron chi connectivity index (χ0n) is 22.2. The lowest BCUT2D eigenvalue weighted by Gasteiger charge is -2.56. The van der Waals surface area contributed by atoms with Crippen LogP contribution in [-0.2, 0) is 13.0 Å². The van der Waals surface area contributed by atoms with E-state index < -0.39 is 0 Å². The van der Waals surface area contributed by atoms with Crippen molar-refractivity contribution in [3.63, 3.8) is 0 Å². The number of H-pyrrole nitrogens is 1. The molecule has 0 radical (unpaired) electrons. The number of hydrogen-bond donors (Lipinski definition) is 1. The number of aromatic nitrogens is 9. The van der Waals surface area contributed by atoms with Gasteiger partial charge in [0.05, 0.1) is 36.2 Å². The molecule has 202 valence electrons. The molecule has 2 bridgehead atoms. The maximum atomic E-state index is 13.3. The summed E-state index contributed by atoms with van der Waals surface area (Å²) < 4.78 is 14.7. The standard InChI is InChI=1S/C28H28FN11/c1-17-5-21(7-22-6-18(2)36-37-22)35-28(34-17)25-11-32-27(12-30-25)38-15-23-8-24(16-38)39(23)13-19-3-4-26(31-9-19)40-14-20(29)10-33-40/h3-6,9-12,14,23-24H,7-8,13,15-16H2,1-2H3,(H,36,37). The first-order valence-electron chi connectivity index (χ1n) is 13.3. The van der Waals surface area contributed by atoms with Crippen molar-refractivity contribution in [2.24, 2.45) is 0 Å². The van der Waals surface area contributed by atoms with Crippen molar-refractivity contribution >= 4 is 5.82 Å². The van der Waals surface area contributed by atoms with E-state index in [2.05, 4.69) is 40.0 Å². The van der Waals surface area contributed by atoms with E-state index in [1.807, 2.05) is 50.5 Å². The molecule has 12 heteroatoms. The molecule has 0 aromatic carbocycles. The number of rotatable bonds is 7. The summed E-state index contributed by atoms with van der Waals surface area (Å²) in [4.78, 5) is 28.0. The monoisotopic (exact) mass is 537 g/mol. The van der Waals surface area contributed by atoms with Crippen LogP contribution in [0.15, 0.2) is 55.2 Å². The van der Waals surface area contributed by atoms with E-state index in [1.165, 1.54) is 23.5 Å². The van der Waals surface area contributed by atoms with Crippen LogP contribution in [0.25, 0.3) is 17.3 Å². The Balaban J connectivity index is 0.991. The molecule has 0 spiro atoms. The molecule has 11 nitrogen and oxygen atoms in total. The van der Waals surface area contributed by atoms with Gasteiger partial charge in [-0.15, -0.1) is 0 Å².